The van der Waals surface area contributed by atoms with Crippen molar-refractivity contribution >= 4 is 22.8 Å². The average molecular weight is 350 g/mol. The summed E-state index contributed by atoms with van der Waals surface area (Å²) >= 11 is 0. The van der Waals surface area contributed by atoms with Gasteiger partial charge in [-0.25, -0.2) is 14.8 Å². The number of nitrogens with one attached hydrogen (secondary N) is 1. The lowest BCUT2D eigenvalue weighted by Crippen LogP contribution is -2.36. The molecule has 1 aliphatic heterocycles. The molecule has 6 nitrogen and oxygen atoms in total. The number of pyridine rings is 1. The summed E-state index contributed by atoms with van der Waals surface area (Å²) < 4.78 is 0. The van der Waals surface area contributed by atoms with E-state index in [0.29, 0.717) is 5.82 Å². The maximum atomic E-state index is 11.6. The standard InChI is InChI=1S/C20H22N4O2/c1-12-5-3-7-16-17(12)23-18(22-16)14-6-4-10-24(11-14)19-15(20(25)26)9-8-13(2)21-19/h3,5,7-9,14H,4,6,10-11H2,1-2H3,(H,22,23)(H,25,26)/t14-/m1/s1. The number of hydrogen-bond acceptors (Lipinski definition) is 4. The van der Waals surface area contributed by atoms with E-state index in [9.17, 15) is 9.90 Å². The van der Waals surface area contributed by atoms with Crippen molar-refractivity contribution in [3.8, 4) is 0 Å². The van der Waals surface area contributed by atoms with Crippen LogP contribution < -0.4 is 4.90 Å². The van der Waals surface area contributed by atoms with Gasteiger partial charge in [0.2, 0.25) is 0 Å². The van der Waals surface area contributed by atoms with Gasteiger partial charge in [0.1, 0.15) is 17.2 Å². The van der Waals surface area contributed by atoms with E-state index < -0.39 is 5.97 Å². The zero-order valence-corrected chi connectivity index (χ0v) is 15.0. The number of aromatic amines is 1. The van der Waals surface area contributed by atoms with Crippen molar-refractivity contribution in [1.82, 2.24) is 15.0 Å². The molecule has 1 aliphatic rings. The number of aromatic carboxylic acids is 1. The summed E-state index contributed by atoms with van der Waals surface area (Å²) in [6.45, 7) is 5.48. The summed E-state index contributed by atoms with van der Waals surface area (Å²) in [5.41, 5.74) is 4.31. The number of H-pyrrole nitrogens is 1. The molecule has 134 valence electrons. The van der Waals surface area contributed by atoms with Crippen molar-refractivity contribution in [2.45, 2.75) is 32.6 Å². The lowest BCUT2D eigenvalue weighted by molar-refractivity contribution is 0.0697. The van der Waals surface area contributed by atoms with Crippen LogP contribution in [0.5, 0.6) is 0 Å². The van der Waals surface area contributed by atoms with Gasteiger partial charge in [0, 0.05) is 24.7 Å². The van der Waals surface area contributed by atoms with Gasteiger partial charge in [-0.15, -0.1) is 0 Å². The molecule has 4 rings (SSSR count). The summed E-state index contributed by atoms with van der Waals surface area (Å²) in [4.78, 5) is 26.5. The molecule has 2 aromatic heterocycles. The van der Waals surface area contributed by atoms with Crippen molar-refractivity contribution in [2.75, 3.05) is 18.0 Å². The van der Waals surface area contributed by atoms with E-state index >= 15 is 0 Å². The van der Waals surface area contributed by atoms with Crippen molar-refractivity contribution in [3.63, 3.8) is 0 Å². The minimum Gasteiger partial charge on any atom is -0.478 e. The Balaban J connectivity index is 1.66. The molecule has 0 saturated carbocycles. The molecule has 3 heterocycles. The monoisotopic (exact) mass is 350 g/mol. The normalized spacial score (nSPS) is 17.6. The first-order chi connectivity index (χ1) is 12.5. The second kappa shape index (κ2) is 6.44. The number of rotatable bonds is 3. The van der Waals surface area contributed by atoms with E-state index in [1.165, 1.54) is 0 Å². The van der Waals surface area contributed by atoms with Gasteiger partial charge < -0.3 is 15.0 Å². The number of benzene rings is 1. The maximum Gasteiger partial charge on any atom is 0.339 e. The number of aryl methyl sites for hydroxylation is 2. The van der Waals surface area contributed by atoms with Gasteiger partial charge in [-0.05, 0) is 50.5 Å². The fourth-order valence-corrected chi connectivity index (χ4v) is 3.73. The van der Waals surface area contributed by atoms with Crippen LogP contribution in [0.2, 0.25) is 0 Å². The molecule has 3 aromatic rings. The number of fused-ring (bicyclic) bond motifs is 1. The van der Waals surface area contributed by atoms with Crippen LogP contribution >= 0.6 is 0 Å². The molecule has 0 spiro atoms. The molecule has 6 heteroatoms. The number of piperidine rings is 1. The predicted octanol–water partition coefficient (Wildman–Crippen LogP) is 3.66. The number of nitrogens with zero attached hydrogens (tertiary/aromatic N) is 3. The number of carbonyl (C=O) groups is 1. The van der Waals surface area contributed by atoms with Crippen LogP contribution in [0.15, 0.2) is 30.3 Å². The largest absolute Gasteiger partial charge is 0.478 e. The van der Waals surface area contributed by atoms with Gasteiger partial charge >= 0.3 is 5.97 Å². The molecule has 1 aromatic carbocycles. The fraction of sp³-hybridized carbons (Fsp3) is 0.350. The summed E-state index contributed by atoms with van der Waals surface area (Å²) in [5.74, 6) is 0.839. The molecule has 0 bridgehead atoms. The summed E-state index contributed by atoms with van der Waals surface area (Å²) in [6.07, 6.45) is 2.01. The number of anilines is 1. The molecule has 1 saturated heterocycles. The number of imidazole rings is 1. The molecule has 2 N–H and O–H groups in total. The van der Waals surface area contributed by atoms with Crippen LogP contribution in [-0.2, 0) is 0 Å². The molecular formula is C20H22N4O2. The maximum absolute atomic E-state index is 11.6. The molecule has 0 radical (unpaired) electrons. The van der Waals surface area contributed by atoms with E-state index in [0.717, 1.165) is 54.0 Å². The number of carboxylic acids is 1. The Hall–Kier alpha value is -2.89. The molecule has 1 fully saturated rings. The van der Waals surface area contributed by atoms with E-state index in [4.69, 9.17) is 4.98 Å². The molecule has 26 heavy (non-hydrogen) atoms. The highest BCUT2D eigenvalue weighted by Crippen LogP contribution is 2.31. The zero-order chi connectivity index (χ0) is 18.3. The minimum atomic E-state index is -0.936. The quantitative estimate of drug-likeness (QED) is 0.753. The Morgan fingerprint density at radius 1 is 1.23 bits per heavy atom. The lowest BCUT2D eigenvalue weighted by Gasteiger charge is -2.33. The summed E-state index contributed by atoms with van der Waals surface area (Å²) in [5, 5.41) is 9.51. The van der Waals surface area contributed by atoms with Crippen LogP contribution in [0, 0.1) is 13.8 Å². The van der Waals surface area contributed by atoms with Crippen molar-refractivity contribution in [3.05, 3.63) is 53.0 Å². The molecule has 0 unspecified atom stereocenters. The topological polar surface area (TPSA) is 82.1 Å². The second-order valence-electron chi connectivity index (χ2n) is 7.01. The second-order valence-corrected chi connectivity index (χ2v) is 7.01. The third-order valence-corrected chi connectivity index (χ3v) is 5.09. The Morgan fingerprint density at radius 3 is 2.85 bits per heavy atom. The average Bonchev–Trinajstić information content (AvgIpc) is 3.07. The van der Waals surface area contributed by atoms with Gasteiger partial charge in [-0.2, -0.15) is 0 Å². The molecular weight excluding hydrogens is 328 g/mol. The lowest BCUT2D eigenvalue weighted by atomic mass is 9.97. The highest BCUT2D eigenvalue weighted by Gasteiger charge is 2.27. The third-order valence-electron chi connectivity index (χ3n) is 5.09. The van der Waals surface area contributed by atoms with Crippen LogP contribution in [-0.4, -0.2) is 39.1 Å². The fourth-order valence-electron chi connectivity index (χ4n) is 3.73. The number of hydrogen-bond donors (Lipinski definition) is 2. The predicted molar refractivity (Wildman–Crippen MR) is 101 cm³/mol. The van der Waals surface area contributed by atoms with Gasteiger partial charge in [0.25, 0.3) is 0 Å². The van der Waals surface area contributed by atoms with E-state index in [1.54, 1.807) is 12.1 Å². The van der Waals surface area contributed by atoms with Crippen LogP contribution in [0.25, 0.3) is 11.0 Å². The molecule has 1 atom stereocenters. The van der Waals surface area contributed by atoms with E-state index in [2.05, 4.69) is 27.9 Å². The van der Waals surface area contributed by atoms with E-state index in [1.807, 2.05) is 19.1 Å². The van der Waals surface area contributed by atoms with Gasteiger partial charge in [-0.3, -0.25) is 0 Å². The first-order valence-electron chi connectivity index (χ1n) is 8.94. The van der Waals surface area contributed by atoms with Crippen LogP contribution in [0.3, 0.4) is 0 Å². The van der Waals surface area contributed by atoms with Crippen molar-refractivity contribution < 1.29 is 9.90 Å². The van der Waals surface area contributed by atoms with Gasteiger partial charge in [0.15, 0.2) is 0 Å². The van der Waals surface area contributed by atoms with Gasteiger partial charge in [0.05, 0.1) is 11.0 Å². The SMILES string of the molecule is Cc1ccc(C(=O)O)c(N2CCC[C@@H](c3nc4c(C)cccc4[nH]3)C2)n1. The molecule has 0 aliphatic carbocycles. The Kier molecular flexibility index (Phi) is 4.11. The third kappa shape index (κ3) is 2.92. The van der Waals surface area contributed by atoms with Crippen molar-refractivity contribution in [2.24, 2.45) is 0 Å². The Labute approximate surface area is 151 Å². The Morgan fingerprint density at radius 2 is 2.08 bits per heavy atom. The highest BCUT2D eigenvalue weighted by atomic mass is 16.4. The summed E-state index contributed by atoms with van der Waals surface area (Å²) in [7, 11) is 0. The highest BCUT2D eigenvalue weighted by molar-refractivity contribution is 5.93. The summed E-state index contributed by atoms with van der Waals surface area (Å²) in [6, 6.07) is 9.53. The van der Waals surface area contributed by atoms with E-state index in [-0.39, 0.29) is 11.5 Å². The number of aromatic nitrogens is 3. The first kappa shape index (κ1) is 16.6. The van der Waals surface area contributed by atoms with Crippen LogP contribution in [0.4, 0.5) is 5.82 Å². The number of carboxylic acid groups (broad SMARTS) is 1. The Bertz CT molecular complexity index is 979. The molecule has 0 amide bonds. The van der Waals surface area contributed by atoms with Gasteiger partial charge in [-0.1, -0.05) is 12.1 Å². The first-order valence-corrected chi connectivity index (χ1v) is 8.94. The van der Waals surface area contributed by atoms with Crippen LogP contribution in [0.1, 0.15) is 46.2 Å². The number of para-hydroxylation sites is 1. The minimum absolute atomic E-state index is 0.236. The van der Waals surface area contributed by atoms with Crippen molar-refractivity contribution in [1.29, 1.82) is 0 Å². The smallest absolute Gasteiger partial charge is 0.339 e. The zero-order valence-electron chi connectivity index (χ0n) is 15.0.